The summed E-state index contributed by atoms with van der Waals surface area (Å²) in [5.41, 5.74) is -0.925. The molecule has 0 spiro atoms. The number of carbonyl (C=O) groups is 1. The normalized spacial score (nSPS) is 11.5. The minimum absolute atomic E-state index is 0.00691. The van der Waals surface area contributed by atoms with Crippen molar-refractivity contribution < 1.29 is 22.7 Å². The van der Waals surface area contributed by atoms with Crippen molar-refractivity contribution in [2.24, 2.45) is 0 Å². The predicted molar refractivity (Wildman–Crippen MR) is 107 cm³/mol. The summed E-state index contributed by atoms with van der Waals surface area (Å²) in [4.78, 5) is 28.7. The molecule has 0 saturated carbocycles. The van der Waals surface area contributed by atoms with Crippen LogP contribution in [0.2, 0.25) is 0 Å². The van der Waals surface area contributed by atoms with Crippen LogP contribution in [0.15, 0.2) is 41.2 Å². The van der Waals surface area contributed by atoms with Gasteiger partial charge in [-0.15, -0.1) is 0 Å². The fraction of sp³-hybridized carbons (Fsp3) is 0.286. The number of aryl methyl sites for hydroxylation is 2. The van der Waals surface area contributed by atoms with E-state index in [-0.39, 0.29) is 11.0 Å². The number of nitrogens with one attached hydrogen (secondary N) is 1. The third kappa shape index (κ3) is 4.29. The molecule has 6 nitrogen and oxygen atoms in total. The van der Waals surface area contributed by atoms with Crippen LogP contribution in [0.4, 0.5) is 18.9 Å². The van der Waals surface area contributed by atoms with Crippen molar-refractivity contribution in [1.82, 2.24) is 9.55 Å². The Bertz CT molecular complexity index is 1170. The van der Waals surface area contributed by atoms with Crippen LogP contribution >= 0.6 is 0 Å². The van der Waals surface area contributed by atoms with Crippen molar-refractivity contribution in [1.29, 1.82) is 0 Å². The van der Waals surface area contributed by atoms with Crippen molar-refractivity contribution in [3.8, 4) is 5.75 Å². The highest BCUT2D eigenvalue weighted by Crippen LogP contribution is 2.28. The first kappa shape index (κ1) is 21.4. The number of para-hydroxylation sites is 2. The number of anilines is 1. The molecule has 0 radical (unpaired) electrons. The van der Waals surface area contributed by atoms with E-state index in [0.29, 0.717) is 18.0 Å². The highest BCUT2D eigenvalue weighted by molar-refractivity contribution is 5.93. The summed E-state index contributed by atoms with van der Waals surface area (Å²) in [6.45, 7) is 5.04. The van der Waals surface area contributed by atoms with Gasteiger partial charge in [0.25, 0.3) is 5.56 Å². The SMILES string of the molecule is CCOc1ccccc1NC(=O)Cn1c(=O)c(C(F)(F)F)nc2cc(C)c(C)cc21. The maximum atomic E-state index is 13.4. The Hall–Kier alpha value is -3.36. The Morgan fingerprint density at radius 1 is 1.17 bits per heavy atom. The van der Waals surface area contributed by atoms with Gasteiger partial charge in [0.05, 0.1) is 23.3 Å². The van der Waals surface area contributed by atoms with Gasteiger partial charge in [0.1, 0.15) is 12.3 Å². The molecule has 0 aliphatic rings. The van der Waals surface area contributed by atoms with Crippen molar-refractivity contribution >= 4 is 22.6 Å². The lowest BCUT2D eigenvalue weighted by atomic mass is 10.1. The number of hydrogen-bond acceptors (Lipinski definition) is 4. The number of aromatic nitrogens is 2. The zero-order valence-corrected chi connectivity index (χ0v) is 16.6. The number of halogens is 3. The molecule has 3 rings (SSSR count). The summed E-state index contributed by atoms with van der Waals surface area (Å²) in [6, 6.07) is 9.69. The van der Waals surface area contributed by atoms with Crippen molar-refractivity contribution in [3.63, 3.8) is 0 Å². The summed E-state index contributed by atoms with van der Waals surface area (Å²) >= 11 is 0. The standard InChI is InChI=1S/C21H20F3N3O3/c1-4-30-17-8-6-5-7-14(17)25-18(28)11-27-16-10-13(3)12(2)9-15(16)26-19(20(27)29)21(22,23)24/h5-10H,4,11H2,1-3H3,(H,25,28). The van der Waals surface area contributed by atoms with Gasteiger partial charge in [-0.05, 0) is 56.2 Å². The predicted octanol–water partition coefficient (Wildman–Crippen LogP) is 4.07. The molecule has 9 heteroatoms. The van der Waals surface area contributed by atoms with Crippen molar-refractivity contribution in [3.05, 3.63) is 63.6 Å². The molecule has 2 aromatic carbocycles. The summed E-state index contributed by atoms with van der Waals surface area (Å²) in [7, 11) is 0. The summed E-state index contributed by atoms with van der Waals surface area (Å²) in [5.74, 6) is -0.245. The number of amides is 1. The maximum absolute atomic E-state index is 13.4. The van der Waals surface area contributed by atoms with E-state index in [1.165, 1.54) is 6.07 Å². The quantitative estimate of drug-likeness (QED) is 0.677. The first-order valence-corrected chi connectivity index (χ1v) is 9.22. The third-order valence-electron chi connectivity index (χ3n) is 4.59. The van der Waals surface area contributed by atoms with Crippen LogP contribution in [0.5, 0.6) is 5.75 Å². The molecule has 0 unspecified atom stereocenters. The smallest absolute Gasteiger partial charge is 0.438 e. The van der Waals surface area contributed by atoms with E-state index < -0.39 is 29.9 Å². The summed E-state index contributed by atoms with van der Waals surface area (Å²) in [6.07, 6.45) is -4.94. The lowest BCUT2D eigenvalue weighted by Gasteiger charge is -2.16. The molecule has 3 aromatic rings. The average Bonchev–Trinajstić information content (AvgIpc) is 2.66. The van der Waals surface area contributed by atoms with E-state index in [4.69, 9.17) is 4.74 Å². The van der Waals surface area contributed by atoms with Gasteiger partial charge in [0.2, 0.25) is 11.6 Å². The van der Waals surface area contributed by atoms with E-state index in [9.17, 15) is 22.8 Å². The number of nitrogens with zero attached hydrogens (tertiary/aromatic N) is 2. The average molecular weight is 419 g/mol. The van der Waals surface area contributed by atoms with Crippen LogP contribution < -0.4 is 15.6 Å². The Morgan fingerprint density at radius 2 is 1.83 bits per heavy atom. The van der Waals surface area contributed by atoms with E-state index in [0.717, 1.165) is 15.7 Å². The highest BCUT2D eigenvalue weighted by Gasteiger charge is 2.37. The lowest BCUT2D eigenvalue weighted by Crippen LogP contribution is -2.34. The molecule has 1 aromatic heterocycles. The van der Waals surface area contributed by atoms with Crippen molar-refractivity contribution in [2.45, 2.75) is 33.5 Å². The van der Waals surface area contributed by atoms with E-state index in [1.807, 2.05) is 0 Å². The number of benzene rings is 2. The van der Waals surface area contributed by atoms with Gasteiger partial charge in [-0.3, -0.25) is 14.2 Å². The highest BCUT2D eigenvalue weighted by atomic mass is 19.4. The van der Waals surface area contributed by atoms with Gasteiger partial charge >= 0.3 is 6.18 Å². The largest absolute Gasteiger partial charge is 0.492 e. The van der Waals surface area contributed by atoms with Gasteiger partial charge in [0.15, 0.2) is 0 Å². The zero-order chi connectivity index (χ0) is 22.1. The lowest BCUT2D eigenvalue weighted by molar-refractivity contribution is -0.142. The van der Waals surface area contributed by atoms with E-state index in [1.54, 1.807) is 51.1 Å². The second kappa shape index (κ2) is 8.17. The Morgan fingerprint density at radius 3 is 2.50 bits per heavy atom. The fourth-order valence-corrected chi connectivity index (χ4v) is 3.02. The number of hydrogen-bond donors (Lipinski definition) is 1. The molecule has 1 heterocycles. The van der Waals surface area contributed by atoms with Gasteiger partial charge in [-0.25, -0.2) is 4.98 Å². The molecule has 0 aliphatic carbocycles. The summed E-state index contributed by atoms with van der Waals surface area (Å²) < 4.78 is 46.3. The molecular weight excluding hydrogens is 399 g/mol. The van der Waals surface area contributed by atoms with Crippen LogP contribution in [-0.4, -0.2) is 22.1 Å². The van der Waals surface area contributed by atoms with E-state index >= 15 is 0 Å². The minimum Gasteiger partial charge on any atom is -0.492 e. The molecular formula is C21H20F3N3O3. The molecule has 0 aliphatic heterocycles. The molecule has 0 saturated heterocycles. The first-order valence-electron chi connectivity index (χ1n) is 9.22. The van der Waals surface area contributed by atoms with E-state index in [2.05, 4.69) is 10.3 Å². The van der Waals surface area contributed by atoms with Crippen LogP contribution in [0.25, 0.3) is 11.0 Å². The minimum atomic E-state index is -4.94. The van der Waals surface area contributed by atoms with Gasteiger partial charge in [-0.2, -0.15) is 13.2 Å². The number of alkyl halides is 3. The molecule has 1 amide bonds. The molecule has 30 heavy (non-hydrogen) atoms. The summed E-state index contributed by atoms with van der Waals surface area (Å²) in [5, 5.41) is 2.59. The van der Waals surface area contributed by atoms with Gasteiger partial charge < -0.3 is 10.1 Å². The monoisotopic (exact) mass is 419 g/mol. The second-order valence-corrected chi connectivity index (χ2v) is 6.75. The Labute approximate surface area is 170 Å². The zero-order valence-electron chi connectivity index (χ0n) is 16.6. The molecule has 0 atom stereocenters. The number of carbonyl (C=O) groups excluding carboxylic acids is 1. The maximum Gasteiger partial charge on any atom is 0.438 e. The molecule has 0 bridgehead atoms. The molecule has 158 valence electrons. The molecule has 0 fully saturated rings. The van der Waals surface area contributed by atoms with Crippen LogP contribution in [-0.2, 0) is 17.5 Å². The van der Waals surface area contributed by atoms with Crippen LogP contribution in [0.3, 0.4) is 0 Å². The second-order valence-electron chi connectivity index (χ2n) is 6.75. The van der Waals surface area contributed by atoms with Gasteiger partial charge in [0, 0.05) is 0 Å². The fourth-order valence-electron chi connectivity index (χ4n) is 3.02. The number of fused-ring (bicyclic) bond motifs is 1. The van der Waals surface area contributed by atoms with Crippen LogP contribution in [0.1, 0.15) is 23.7 Å². The van der Waals surface area contributed by atoms with Crippen molar-refractivity contribution in [2.75, 3.05) is 11.9 Å². The number of rotatable bonds is 5. The third-order valence-corrected chi connectivity index (χ3v) is 4.59. The van der Waals surface area contributed by atoms with Crippen LogP contribution in [0, 0.1) is 13.8 Å². The van der Waals surface area contributed by atoms with Gasteiger partial charge in [-0.1, -0.05) is 12.1 Å². The Balaban J connectivity index is 2.06. The number of ether oxygens (including phenoxy) is 1. The first-order chi connectivity index (χ1) is 14.1. The molecule has 1 N–H and O–H groups in total. The Kier molecular flexibility index (Phi) is 5.82. The topological polar surface area (TPSA) is 73.2 Å².